The number of aryl methyl sites for hydroxylation is 2. The van der Waals surface area contributed by atoms with Gasteiger partial charge in [-0.05, 0) is 49.6 Å². The van der Waals surface area contributed by atoms with Crippen LogP contribution in [-0.4, -0.2) is 23.6 Å². The van der Waals surface area contributed by atoms with E-state index in [0.29, 0.717) is 5.75 Å². The van der Waals surface area contributed by atoms with Gasteiger partial charge in [-0.25, -0.2) is 0 Å². The molecule has 1 aromatic rings. The molecule has 0 heterocycles. The van der Waals surface area contributed by atoms with E-state index >= 15 is 0 Å². The van der Waals surface area contributed by atoms with E-state index in [-0.39, 0.29) is 6.04 Å². The molecule has 80 valence electrons. The van der Waals surface area contributed by atoms with Gasteiger partial charge in [0.2, 0.25) is 0 Å². The van der Waals surface area contributed by atoms with E-state index in [1.54, 1.807) is 13.1 Å². The van der Waals surface area contributed by atoms with Crippen LogP contribution in [0, 0.1) is 13.8 Å². The molecule has 15 heavy (non-hydrogen) atoms. The predicted octanol–water partition coefficient (Wildman–Crippen LogP) is 2.02. The highest BCUT2D eigenvalue weighted by Gasteiger charge is 2.01. The Balaban J connectivity index is 2.97. The van der Waals surface area contributed by atoms with Crippen LogP contribution >= 0.6 is 0 Å². The Kier molecular flexibility index (Phi) is 3.61. The lowest BCUT2D eigenvalue weighted by Crippen LogP contribution is -1.99. The molecule has 0 aliphatic rings. The van der Waals surface area contributed by atoms with Crippen LogP contribution in [0.1, 0.15) is 23.6 Å². The van der Waals surface area contributed by atoms with Crippen molar-refractivity contribution in [1.82, 2.24) is 0 Å². The summed E-state index contributed by atoms with van der Waals surface area (Å²) in [6, 6.07) is 3.35. The third-order valence-corrected chi connectivity index (χ3v) is 2.17. The average Bonchev–Trinajstić information content (AvgIpc) is 2.22. The third kappa shape index (κ3) is 2.91. The van der Waals surface area contributed by atoms with Gasteiger partial charge in [0.25, 0.3) is 0 Å². The molecule has 0 radical (unpaired) electrons. The number of aliphatic imine (C=N–C) groups is 1. The molecular formula is C12H15NO2. The molecule has 0 aromatic heterocycles. The summed E-state index contributed by atoms with van der Waals surface area (Å²) in [6.07, 6.45) is 2.44. The lowest BCUT2D eigenvalue weighted by Gasteiger charge is -2.04. The number of phenolic OH excluding ortho intramolecular Hbond substituents is 1. The Labute approximate surface area is 89.5 Å². The minimum atomic E-state index is -0.320. The summed E-state index contributed by atoms with van der Waals surface area (Å²) in [5, 5.41) is 9.55. The number of rotatable bonds is 3. The summed E-state index contributed by atoms with van der Waals surface area (Å²) in [4.78, 5) is 14.4. The van der Waals surface area contributed by atoms with Gasteiger partial charge in [0, 0.05) is 6.21 Å². The van der Waals surface area contributed by atoms with Crippen molar-refractivity contribution in [2.24, 2.45) is 4.99 Å². The number of aromatic hydroxyl groups is 1. The molecule has 1 rings (SSSR count). The lowest BCUT2D eigenvalue weighted by molar-refractivity contribution is -0.108. The molecule has 0 amide bonds. The zero-order valence-corrected chi connectivity index (χ0v) is 9.19. The fourth-order valence-electron chi connectivity index (χ4n) is 1.30. The maximum atomic E-state index is 10.4. The minimum Gasteiger partial charge on any atom is -0.507 e. The van der Waals surface area contributed by atoms with Crippen molar-refractivity contribution in [3.05, 3.63) is 28.8 Å². The van der Waals surface area contributed by atoms with Crippen LogP contribution in [0.2, 0.25) is 0 Å². The molecule has 0 aliphatic carbocycles. The quantitative estimate of drug-likeness (QED) is 0.606. The number of aldehydes is 1. The smallest absolute Gasteiger partial charge is 0.144 e. The highest BCUT2D eigenvalue weighted by molar-refractivity contribution is 5.82. The SMILES string of the molecule is Cc1cc(/C=N\C(C)C=O)cc(C)c1O. The van der Waals surface area contributed by atoms with Crippen molar-refractivity contribution in [3.63, 3.8) is 0 Å². The number of carbonyl (C=O) groups is 1. The standard InChI is InChI=1S/C12H15NO2/c1-8-4-11(5-9(2)12(8)15)6-13-10(3)7-14/h4-7,10,15H,1-3H3/b13-6-. The maximum Gasteiger partial charge on any atom is 0.144 e. The van der Waals surface area contributed by atoms with Gasteiger partial charge in [-0.1, -0.05) is 0 Å². The highest BCUT2D eigenvalue weighted by atomic mass is 16.3. The lowest BCUT2D eigenvalue weighted by atomic mass is 10.1. The zero-order valence-electron chi connectivity index (χ0n) is 9.19. The topological polar surface area (TPSA) is 49.7 Å². The number of phenols is 1. The van der Waals surface area contributed by atoms with E-state index in [2.05, 4.69) is 4.99 Å². The van der Waals surface area contributed by atoms with E-state index in [1.165, 1.54) is 0 Å². The Bertz CT molecular complexity index is 374. The molecule has 0 bridgehead atoms. The van der Waals surface area contributed by atoms with Gasteiger partial charge in [0.05, 0.1) is 0 Å². The Morgan fingerprint density at radius 2 is 1.87 bits per heavy atom. The van der Waals surface area contributed by atoms with Crippen molar-refractivity contribution in [3.8, 4) is 5.75 Å². The Hall–Kier alpha value is -1.64. The van der Waals surface area contributed by atoms with Gasteiger partial charge >= 0.3 is 0 Å². The second-order valence-electron chi connectivity index (χ2n) is 3.66. The summed E-state index contributed by atoms with van der Waals surface area (Å²) >= 11 is 0. The summed E-state index contributed by atoms with van der Waals surface area (Å²) in [7, 11) is 0. The Morgan fingerprint density at radius 3 is 2.33 bits per heavy atom. The molecule has 1 unspecified atom stereocenters. The summed E-state index contributed by atoms with van der Waals surface area (Å²) in [5.41, 5.74) is 2.53. The fraction of sp³-hybridized carbons (Fsp3) is 0.333. The van der Waals surface area contributed by atoms with Crippen LogP contribution in [0.25, 0.3) is 0 Å². The van der Waals surface area contributed by atoms with E-state index in [9.17, 15) is 9.90 Å². The molecule has 1 aromatic carbocycles. The summed E-state index contributed by atoms with van der Waals surface area (Å²) in [5.74, 6) is 0.315. The van der Waals surface area contributed by atoms with Gasteiger partial charge in [0.15, 0.2) is 0 Å². The van der Waals surface area contributed by atoms with Gasteiger partial charge in [0.1, 0.15) is 18.1 Å². The average molecular weight is 205 g/mol. The van der Waals surface area contributed by atoms with E-state index in [4.69, 9.17) is 0 Å². The fourth-order valence-corrected chi connectivity index (χ4v) is 1.30. The zero-order chi connectivity index (χ0) is 11.4. The van der Waals surface area contributed by atoms with Gasteiger partial charge in [-0.15, -0.1) is 0 Å². The van der Waals surface area contributed by atoms with Crippen molar-refractivity contribution in [2.75, 3.05) is 0 Å². The highest BCUT2D eigenvalue weighted by Crippen LogP contribution is 2.22. The first-order valence-electron chi connectivity index (χ1n) is 4.83. The second kappa shape index (κ2) is 4.73. The molecular weight excluding hydrogens is 190 g/mol. The van der Waals surface area contributed by atoms with Crippen molar-refractivity contribution in [1.29, 1.82) is 0 Å². The van der Waals surface area contributed by atoms with Crippen molar-refractivity contribution in [2.45, 2.75) is 26.8 Å². The van der Waals surface area contributed by atoms with E-state index < -0.39 is 0 Å². The number of carbonyl (C=O) groups excluding carboxylic acids is 1. The number of nitrogens with zero attached hydrogens (tertiary/aromatic N) is 1. The molecule has 0 spiro atoms. The molecule has 0 saturated carbocycles. The van der Waals surface area contributed by atoms with Crippen LogP contribution in [0.3, 0.4) is 0 Å². The first-order valence-corrected chi connectivity index (χ1v) is 4.83. The van der Waals surface area contributed by atoms with Gasteiger partial charge in [-0.2, -0.15) is 0 Å². The number of hydrogen-bond donors (Lipinski definition) is 1. The number of benzene rings is 1. The van der Waals surface area contributed by atoms with E-state index in [0.717, 1.165) is 23.0 Å². The van der Waals surface area contributed by atoms with Gasteiger partial charge < -0.3 is 9.90 Å². The number of hydrogen-bond acceptors (Lipinski definition) is 3. The Morgan fingerprint density at radius 1 is 1.33 bits per heavy atom. The first kappa shape index (κ1) is 11.4. The van der Waals surface area contributed by atoms with Crippen LogP contribution in [-0.2, 0) is 4.79 Å². The van der Waals surface area contributed by atoms with Crippen molar-refractivity contribution >= 4 is 12.5 Å². The van der Waals surface area contributed by atoms with Crippen LogP contribution in [0.4, 0.5) is 0 Å². The largest absolute Gasteiger partial charge is 0.507 e. The van der Waals surface area contributed by atoms with Gasteiger partial charge in [-0.3, -0.25) is 4.99 Å². The molecule has 3 nitrogen and oxygen atoms in total. The van der Waals surface area contributed by atoms with E-state index in [1.807, 2.05) is 26.0 Å². The normalized spacial score (nSPS) is 13.0. The molecule has 1 N–H and O–H groups in total. The summed E-state index contributed by atoms with van der Waals surface area (Å²) < 4.78 is 0. The third-order valence-electron chi connectivity index (χ3n) is 2.17. The van der Waals surface area contributed by atoms with Crippen LogP contribution in [0.15, 0.2) is 17.1 Å². The molecule has 1 atom stereocenters. The van der Waals surface area contributed by atoms with Crippen LogP contribution in [0.5, 0.6) is 5.75 Å². The maximum absolute atomic E-state index is 10.4. The molecule has 0 saturated heterocycles. The predicted molar refractivity (Wildman–Crippen MR) is 60.7 cm³/mol. The summed E-state index contributed by atoms with van der Waals surface area (Å²) in [6.45, 7) is 5.40. The second-order valence-corrected chi connectivity index (χ2v) is 3.66. The first-order chi connectivity index (χ1) is 7.04. The van der Waals surface area contributed by atoms with Crippen LogP contribution < -0.4 is 0 Å². The molecule has 0 aliphatic heterocycles. The van der Waals surface area contributed by atoms with Crippen molar-refractivity contribution < 1.29 is 9.90 Å². The minimum absolute atomic E-state index is 0.315. The molecule has 0 fully saturated rings. The molecule has 3 heteroatoms. The monoisotopic (exact) mass is 205 g/mol.